The molecule has 6 heteroatoms. The molecule has 1 amide bonds. The Morgan fingerprint density at radius 2 is 1.87 bits per heavy atom. The van der Waals surface area contributed by atoms with E-state index in [0.717, 1.165) is 74.3 Å². The van der Waals surface area contributed by atoms with Gasteiger partial charge in [0, 0.05) is 56.6 Å². The normalized spacial score (nSPS) is 23.4. The largest absolute Gasteiger partial charge is 0.356 e. The molecular weight excluding hydrogens is 386 g/mol. The number of carbonyl (C=O) groups excluding carboxylic acids is 1. The summed E-state index contributed by atoms with van der Waals surface area (Å²) in [6.07, 6.45) is 17.2. The van der Waals surface area contributed by atoms with Gasteiger partial charge < -0.3 is 10.2 Å². The van der Waals surface area contributed by atoms with Crippen LogP contribution in [0.5, 0.6) is 0 Å². The average Bonchev–Trinajstić information content (AvgIpc) is 2.83. The summed E-state index contributed by atoms with van der Waals surface area (Å²) in [5.41, 5.74) is 3.36. The van der Waals surface area contributed by atoms with Gasteiger partial charge in [-0.1, -0.05) is 12.2 Å². The first kappa shape index (κ1) is 21.5. The molecule has 2 aromatic rings. The fourth-order valence-electron chi connectivity index (χ4n) is 4.73. The molecule has 2 aliphatic rings. The number of pyridine rings is 1. The number of anilines is 1. The number of hydrogen-bond acceptors (Lipinski definition) is 5. The van der Waals surface area contributed by atoms with Crippen LogP contribution in [0.3, 0.4) is 0 Å². The van der Waals surface area contributed by atoms with E-state index in [1.807, 2.05) is 49.7 Å². The minimum atomic E-state index is 0.162. The molecule has 0 saturated heterocycles. The summed E-state index contributed by atoms with van der Waals surface area (Å²) in [6.45, 7) is 0.801. The Hall–Kier alpha value is -2.76. The summed E-state index contributed by atoms with van der Waals surface area (Å²) in [5, 5.41) is 3.23. The molecule has 1 unspecified atom stereocenters. The van der Waals surface area contributed by atoms with Crippen molar-refractivity contribution in [1.29, 1.82) is 0 Å². The predicted octanol–water partition coefficient (Wildman–Crippen LogP) is 4.35. The highest BCUT2D eigenvalue weighted by atomic mass is 16.1. The zero-order valence-electron chi connectivity index (χ0n) is 18.6. The first-order valence-electron chi connectivity index (χ1n) is 11.5. The van der Waals surface area contributed by atoms with Crippen LogP contribution in [0.25, 0.3) is 11.1 Å². The maximum Gasteiger partial charge on any atom is 0.225 e. The predicted molar refractivity (Wildman–Crippen MR) is 124 cm³/mol. The minimum Gasteiger partial charge on any atom is -0.356 e. The van der Waals surface area contributed by atoms with Gasteiger partial charge in [0.1, 0.15) is 0 Å². The molecule has 0 spiro atoms. The number of hydrogen-bond donors (Lipinski definition) is 1. The number of carbonyl (C=O) groups is 1. The van der Waals surface area contributed by atoms with E-state index in [1.165, 1.54) is 0 Å². The van der Waals surface area contributed by atoms with E-state index in [4.69, 9.17) is 4.98 Å². The Morgan fingerprint density at radius 1 is 1.10 bits per heavy atom. The third-order valence-electron chi connectivity index (χ3n) is 6.64. The molecule has 164 valence electrons. The molecule has 1 fully saturated rings. The average molecular weight is 420 g/mol. The molecule has 1 N–H and O–H groups in total. The number of rotatable bonds is 6. The highest BCUT2D eigenvalue weighted by Gasteiger charge is 2.27. The van der Waals surface area contributed by atoms with Crippen molar-refractivity contribution in [3.05, 3.63) is 48.6 Å². The van der Waals surface area contributed by atoms with E-state index < -0.39 is 0 Å². The molecule has 0 radical (unpaired) electrons. The maximum absolute atomic E-state index is 12.5. The van der Waals surface area contributed by atoms with Gasteiger partial charge in [0.25, 0.3) is 0 Å². The van der Waals surface area contributed by atoms with Gasteiger partial charge >= 0.3 is 0 Å². The first-order valence-corrected chi connectivity index (χ1v) is 11.5. The van der Waals surface area contributed by atoms with Crippen molar-refractivity contribution in [1.82, 2.24) is 20.3 Å². The molecule has 4 rings (SSSR count). The Balaban J connectivity index is 1.40. The Kier molecular flexibility index (Phi) is 6.95. The van der Waals surface area contributed by atoms with Crippen LogP contribution in [-0.4, -0.2) is 41.5 Å². The molecule has 1 atom stereocenters. The van der Waals surface area contributed by atoms with Crippen LogP contribution in [0.4, 0.5) is 5.95 Å². The van der Waals surface area contributed by atoms with Gasteiger partial charge in [0.2, 0.25) is 11.9 Å². The first-order chi connectivity index (χ1) is 15.1. The van der Waals surface area contributed by atoms with Gasteiger partial charge in [-0.3, -0.25) is 9.78 Å². The smallest absolute Gasteiger partial charge is 0.225 e. The van der Waals surface area contributed by atoms with Crippen LogP contribution in [0.1, 0.15) is 56.6 Å². The van der Waals surface area contributed by atoms with Gasteiger partial charge in [0.05, 0.1) is 5.69 Å². The fraction of sp³-hybridized carbons (Fsp3) is 0.520. The number of nitrogens with one attached hydrogen (secondary N) is 1. The third kappa shape index (κ3) is 5.30. The zero-order valence-corrected chi connectivity index (χ0v) is 18.6. The van der Waals surface area contributed by atoms with E-state index in [9.17, 15) is 4.79 Å². The van der Waals surface area contributed by atoms with Crippen molar-refractivity contribution >= 4 is 11.9 Å². The van der Waals surface area contributed by atoms with Crippen LogP contribution in [0.15, 0.2) is 42.9 Å². The van der Waals surface area contributed by atoms with Crippen LogP contribution in [0, 0.1) is 11.8 Å². The summed E-state index contributed by atoms with van der Waals surface area (Å²) in [6, 6.07) is 4.05. The second kappa shape index (κ2) is 10.0. The van der Waals surface area contributed by atoms with Crippen molar-refractivity contribution in [2.24, 2.45) is 11.8 Å². The Labute approximate surface area is 185 Å². The second-order valence-corrected chi connectivity index (χ2v) is 9.04. The molecule has 6 nitrogen and oxygen atoms in total. The lowest BCUT2D eigenvalue weighted by Gasteiger charge is -2.30. The summed E-state index contributed by atoms with van der Waals surface area (Å²) in [4.78, 5) is 28.1. The Bertz CT molecular complexity index is 903. The van der Waals surface area contributed by atoms with Crippen LogP contribution >= 0.6 is 0 Å². The van der Waals surface area contributed by atoms with Crippen molar-refractivity contribution in [3.63, 3.8) is 0 Å². The van der Waals surface area contributed by atoms with Crippen LogP contribution in [0.2, 0.25) is 0 Å². The SMILES string of the molecule is CN(C)c1ncc(-c2ccncc2)c(C2CCC(CNC(=O)C3CC=CCC3)CC2)n1. The van der Waals surface area contributed by atoms with Crippen LogP contribution in [-0.2, 0) is 4.79 Å². The van der Waals surface area contributed by atoms with Crippen molar-refractivity contribution in [3.8, 4) is 11.1 Å². The molecule has 1 saturated carbocycles. The van der Waals surface area contributed by atoms with Crippen molar-refractivity contribution in [2.45, 2.75) is 50.9 Å². The molecule has 0 aliphatic heterocycles. The molecule has 2 aromatic heterocycles. The topological polar surface area (TPSA) is 71.0 Å². The number of nitrogens with zero attached hydrogens (tertiary/aromatic N) is 4. The van der Waals surface area contributed by atoms with Gasteiger partial charge in [0.15, 0.2) is 0 Å². The molecule has 0 aromatic carbocycles. The minimum absolute atomic E-state index is 0.162. The number of aromatic nitrogens is 3. The van der Waals surface area contributed by atoms with E-state index in [0.29, 0.717) is 11.8 Å². The molecule has 0 bridgehead atoms. The van der Waals surface area contributed by atoms with Crippen LogP contribution < -0.4 is 10.2 Å². The van der Waals surface area contributed by atoms with E-state index in [-0.39, 0.29) is 11.8 Å². The van der Waals surface area contributed by atoms with Gasteiger partial charge in [-0.2, -0.15) is 0 Å². The van der Waals surface area contributed by atoms with E-state index in [2.05, 4.69) is 27.4 Å². The summed E-state index contributed by atoms with van der Waals surface area (Å²) in [5.74, 6) is 2.12. The number of allylic oxidation sites excluding steroid dienone is 2. The van der Waals surface area contributed by atoms with Gasteiger partial charge in [-0.25, -0.2) is 9.97 Å². The molecule has 2 heterocycles. The lowest BCUT2D eigenvalue weighted by molar-refractivity contribution is -0.125. The van der Waals surface area contributed by atoms with Gasteiger partial charge in [-0.15, -0.1) is 0 Å². The van der Waals surface area contributed by atoms with Crippen molar-refractivity contribution < 1.29 is 4.79 Å². The lowest BCUT2D eigenvalue weighted by atomic mass is 9.79. The summed E-state index contributed by atoms with van der Waals surface area (Å²) >= 11 is 0. The maximum atomic E-state index is 12.5. The second-order valence-electron chi connectivity index (χ2n) is 9.04. The van der Waals surface area contributed by atoms with E-state index >= 15 is 0 Å². The Morgan fingerprint density at radius 3 is 2.55 bits per heavy atom. The fourth-order valence-corrected chi connectivity index (χ4v) is 4.73. The summed E-state index contributed by atoms with van der Waals surface area (Å²) in [7, 11) is 3.96. The molecule has 2 aliphatic carbocycles. The highest BCUT2D eigenvalue weighted by molar-refractivity contribution is 5.79. The van der Waals surface area contributed by atoms with Gasteiger partial charge in [-0.05, 0) is 68.6 Å². The number of amides is 1. The highest BCUT2D eigenvalue weighted by Crippen LogP contribution is 2.39. The van der Waals surface area contributed by atoms with E-state index in [1.54, 1.807) is 0 Å². The molecular formula is C25H33N5O. The molecule has 31 heavy (non-hydrogen) atoms. The third-order valence-corrected chi connectivity index (χ3v) is 6.64. The summed E-state index contributed by atoms with van der Waals surface area (Å²) < 4.78 is 0. The lowest BCUT2D eigenvalue weighted by Crippen LogP contribution is -2.35. The quantitative estimate of drug-likeness (QED) is 0.705. The van der Waals surface area contributed by atoms with Crippen molar-refractivity contribution in [2.75, 3.05) is 25.5 Å². The standard InChI is InChI=1S/C25H33N5O/c1-30(2)25-28-17-22(19-12-14-26-15-13-19)23(29-25)20-10-8-18(9-11-20)16-27-24(31)21-6-4-3-5-7-21/h3-4,12-15,17-18,20-21H,5-11,16H2,1-2H3,(H,27,31). The zero-order chi connectivity index (χ0) is 21.6. The monoisotopic (exact) mass is 419 g/mol.